The summed E-state index contributed by atoms with van der Waals surface area (Å²) in [6.07, 6.45) is 2.31. The van der Waals surface area contributed by atoms with Gasteiger partial charge in [0, 0.05) is 32.1 Å². The maximum Gasteiger partial charge on any atom is 0.0169 e. The molecule has 2 nitrogen and oxygen atoms in total. The van der Waals surface area contributed by atoms with Crippen molar-refractivity contribution in [2.24, 2.45) is 5.92 Å². The summed E-state index contributed by atoms with van der Waals surface area (Å²) < 4.78 is 0. The fourth-order valence-electron chi connectivity index (χ4n) is 1.57. The first-order valence-electron chi connectivity index (χ1n) is 3.57. The molecule has 2 heterocycles. The lowest BCUT2D eigenvalue weighted by Crippen LogP contribution is -2.29. The summed E-state index contributed by atoms with van der Waals surface area (Å²) >= 11 is 0. The van der Waals surface area contributed by atoms with Gasteiger partial charge in [-0.2, -0.15) is 0 Å². The van der Waals surface area contributed by atoms with Crippen LogP contribution in [0.3, 0.4) is 0 Å². The zero-order valence-corrected chi connectivity index (χ0v) is 5.48. The predicted octanol–water partition coefficient (Wildman–Crippen LogP) is -0.265. The maximum absolute atomic E-state index is 3.36. The van der Waals surface area contributed by atoms with Crippen molar-refractivity contribution in [1.29, 1.82) is 0 Å². The smallest absolute Gasteiger partial charge is 0.0169 e. The third kappa shape index (κ3) is 0.884. The molecule has 1 atom stereocenters. The molecule has 2 aliphatic rings. The molecule has 1 saturated heterocycles. The van der Waals surface area contributed by atoms with Crippen LogP contribution in [0.4, 0.5) is 0 Å². The summed E-state index contributed by atoms with van der Waals surface area (Å²) in [4.78, 5) is 0. The van der Waals surface area contributed by atoms with Crippen molar-refractivity contribution in [1.82, 2.24) is 10.6 Å². The number of nitrogens with one attached hydrogen (secondary N) is 2. The van der Waals surface area contributed by atoms with Crippen LogP contribution in [-0.2, 0) is 0 Å². The van der Waals surface area contributed by atoms with E-state index in [2.05, 4.69) is 16.7 Å². The highest BCUT2D eigenvalue weighted by atomic mass is 15.0. The molecule has 2 aliphatic heterocycles. The monoisotopic (exact) mass is 124 g/mol. The molecule has 50 valence electrons. The molecule has 2 rings (SSSR count). The molecule has 0 saturated carbocycles. The second-order valence-corrected chi connectivity index (χ2v) is 2.77. The molecule has 9 heavy (non-hydrogen) atoms. The first kappa shape index (κ1) is 5.45. The highest BCUT2D eigenvalue weighted by Gasteiger charge is 2.21. The highest BCUT2D eigenvalue weighted by molar-refractivity contribution is 5.17. The van der Waals surface area contributed by atoms with Crippen LogP contribution in [0.25, 0.3) is 0 Å². The molecule has 0 radical (unpaired) electrons. The van der Waals surface area contributed by atoms with Crippen LogP contribution in [0.15, 0.2) is 11.6 Å². The predicted molar refractivity (Wildman–Crippen MR) is 37.3 cm³/mol. The zero-order valence-electron chi connectivity index (χ0n) is 5.48. The van der Waals surface area contributed by atoms with Crippen molar-refractivity contribution in [3.63, 3.8) is 0 Å². The van der Waals surface area contributed by atoms with Crippen LogP contribution < -0.4 is 10.6 Å². The summed E-state index contributed by atoms with van der Waals surface area (Å²) in [5.41, 5.74) is 1.62. The first-order valence-corrected chi connectivity index (χ1v) is 3.57. The van der Waals surface area contributed by atoms with Crippen LogP contribution in [-0.4, -0.2) is 26.2 Å². The van der Waals surface area contributed by atoms with E-state index in [0.29, 0.717) is 0 Å². The van der Waals surface area contributed by atoms with Gasteiger partial charge in [-0.05, 0) is 0 Å². The van der Waals surface area contributed by atoms with E-state index < -0.39 is 0 Å². The Morgan fingerprint density at radius 1 is 1.33 bits per heavy atom. The van der Waals surface area contributed by atoms with Crippen molar-refractivity contribution in [3.05, 3.63) is 11.6 Å². The molecule has 0 aromatic rings. The molecule has 0 aromatic carbocycles. The molecule has 0 spiro atoms. The van der Waals surface area contributed by atoms with Crippen LogP contribution in [0, 0.1) is 5.92 Å². The molecule has 1 fully saturated rings. The molecule has 2 N–H and O–H groups in total. The van der Waals surface area contributed by atoms with Crippen LogP contribution >= 0.6 is 0 Å². The molecule has 1 unspecified atom stereocenters. The van der Waals surface area contributed by atoms with Crippen molar-refractivity contribution in [2.75, 3.05) is 26.2 Å². The largest absolute Gasteiger partial charge is 0.313 e. The quantitative estimate of drug-likeness (QED) is 0.435. The molecule has 0 aliphatic carbocycles. The summed E-state index contributed by atoms with van der Waals surface area (Å²) in [6, 6.07) is 0. The van der Waals surface area contributed by atoms with Gasteiger partial charge in [-0.15, -0.1) is 0 Å². The van der Waals surface area contributed by atoms with Gasteiger partial charge in [0.25, 0.3) is 0 Å². The van der Waals surface area contributed by atoms with Gasteiger partial charge in [-0.25, -0.2) is 0 Å². The minimum Gasteiger partial charge on any atom is -0.313 e. The number of hydrogen-bond donors (Lipinski definition) is 2. The molecule has 0 aromatic heterocycles. The average molecular weight is 124 g/mol. The van der Waals surface area contributed by atoms with Gasteiger partial charge in [0.1, 0.15) is 0 Å². The van der Waals surface area contributed by atoms with Gasteiger partial charge in [0.2, 0.25) is 0 Å². The van der Waals surface area contributed by atoms with Crippen molar-refractivity contribution < 1.29 is 0 Å². The van der Waals surface area contributed by atoms with Crippen molar-refractivity contribution in [2.45, 2.75) is 0 Å². The van der Waals surface area contributed by atoms with Gasteiger partial charge in [0.05, 0.1) is 0 Å². The van der Waals surface area contributed by atoms with Gasteiger partial charge in [-0.1, -0.05) is 11.6 Å². The SMILES string of the molecule is C1=C2CNCC2CNC1. The van der Waals surface area contributed by atoms with Gasteiger partial charge in [-0.3, -0.25) is 0 Å². The van der Waals surface area contributed by atoms with E-state index in [1.165, 1.54) is 13.1 Å². The third-order valence-corrected chi connectivity index (χ3v) is 2.14. The zero-order chi connectivity index (χ0) is 6.10. The van der Waals surface area contributed by atoms with Gasteiger partial charge in [0.15, 0.2) is 0 Å². The van der Waals surface area contributed by atoms with Gasteiger partial charge >= 0.3 is 0 Å². The fourth-order valence-corrected chi connectivity index (χ4v) is 1.57. The Kier molecular flexibility index (Phi) is 1.28. The Bertz CT molecular complexity index is 140. The highest BCUT2D eigenvalue weighted by Crippen LogP contribution is 2.16. The minimum atomic E-state index is 0.804. The van der Waals surface area contributed by atoms with E-state index in [-0.39, 0.29) is 0 Å². The lowest BCUT2D eigenvalue weighted by Gasteiger charge is -2.16. The van der Waals surface area contributed by atoms with E-state index in [1.807, 2.05) is 0 Å². The Morgan fingerprint density at radius 3 is 3.11 bits per heavy atom. The number of hydrogen-bond acceptors (Lipinski definition) is 2. The summed E-state index contributed by atoms with van der Waals surface area (Å²) in [5.74, 6) is 0.804. The lowest BCUT2D eigenvalue weighted by molar-refractivity contribution is 0.562. The fraction of sp³-hybridized carbons (Fsp3) is 0.714. The average Bonchev–Trinajstić information content (AvgIpc) is 2.33. The molecular formula is C7H12N2. The summed E-state index contributed by atoms with van der Waals surface area (Å²) in [5, 5.41) is 6.70. The lowest BCUT2D eigenvalue weighted by atomic mass is 10.0. The molecule has 2 heteroatoms. The van der Waals surface area contributed by atoms with Crippen LogP contribution in [0.1, 0.15) is 0 Å². The molecular weight excluding hydrogens is 112 g/mol. The van der Waals surface area contributed by atoms with Crippen molar-refractivity contribution in [3.8, 4) is 0 Å². The third-order valence-electron chi connectivity index (χ3n) is 2.14. The number of fused-ring (bicyclic) bond motifs is 1. The van der Waals surface area contributed by atoms with Crippen LogP contribution in [0.5, 0.6) is 0 Å². The Morgan fingerprint density at radius 2 is 2.22 bits per heavy atom. The second-order valence-electron chi connectivity index (χ2n) is 2.77. The molecule has 0 amide bonds. The Balaban J connectivity index is 2.16. The van der Waals surface area contributed by atoms with E-state index in [4.69, 9.17) is 0 Å². The number of rotatable bonds is 0. The Hall–Kier alpha value is -0.340. The normalized spacial score (nSPS) is 33.8. The van der Waals surface area contributed by atoms with Gasteiger partial charge < -0.3 is 10.6 Å². The maximum atomic E-state index is 3.36. The second kappa shape index (κ2) is 2.12. The standard InChI is InChI=1S/C7H12N2/c1-2-8-4-7-5-9-3-6(1)7/h1,7-9H,2-5H2. The van der Waals surface area contributed by atoms with E-state index in [0.717, 1.165) is 19.0 Å². The summed E-state index contributed by atoms with van der Waals surface area (Å²) in [6.45, 7) is 4.57. The topological polar surface area (TPSA) is 24.1 Å². The van der Waals surface area contributed by atoms with E-state index >= 15 is 0 Å². The van der Waals surface area contributed by atoms with Crippen molar-refractivity contribution >= 4 is 0 Å². The van der Waals surface area contributed by atoms with E-state index in [9.17, 15) is 0 Å². The first-order chi connectivity index (χ1) is 4.47. The summed E-state index contributed by atoms with van der Waals surface area (Å²) in [7, 11) is 0. The van der Waals surface area contributed by atoms with E-state index in [1.54, 1.807) is 5.57 Å². The minimum absolute atomic E-state index is 0.804. The Labute approximate surface area is 55.3 Å². The molecule has 0 bridgehead atoms. The van der Waals surface area contributed by atoms with Crippen LogP contribution in [0.2, 0.25) is 0 Å².